The largest absolute Gasteiger partial charge is 0.493 e. The molecule has 6 nitrogen and oxygen atoms in total. The molecule has 27 heavy (non-hydrogen) atoms. The lowest BCUT2D eigenvalue weighted by atomic mass is 10.1. The van der Waals surface area contributed by atoms with Crippen molar-refractivity contribution in [2.75, 3.05) is 34.0 Å². The predicted octanol–water partition coefficient (Wildman–Crippen LogP) is 3.79. The van der Waals surface area contributed by atoms with Gasteiger partial charge in [-0.1, -0.05) is 17.7 Å². The van der Waals surface area contributed by atoms with Crippen LogP contribution in [0.15, 0.2) is 30.3 Å². The van der Waals surface area contributed by atoms with Crippen molar-refractivity contribution < 1.29 is 23.7 Å². The van der Waals surface area contributed by atoms with Crippen LogP contribution in [0.3, 0.4) is 0 Å². The molecule has 1 aliphatic rings. The molecular formula is C20H22ClNO5. The van der Waals surface area contributed by atoms with E-state index in [-0.39, 0.29) is 5.91 Å². The van der Waals surface area contributed by atoms with Gasteiger partial charge in [0.05, 0.1) is 18.7 Å². The minimum absolute atomic E-state index is 0.173. The van der Waals surface area contributed by atoms with Crippen LogP contribution in [0.2, 0.25) is 5.02 Å². The summed E-state index contributed by atoms with van der Waals surface area (Å²) < 4.78 is 21.9. The van der Waals surface area contributed by atoms with Gasteiger partial charge in [0.25, 0.3) is 5.91 Å². The summed E-state index contributed by atoms with van der Waals surface area (Å²) in [4.78, 5) is 14.5. The van der Waals surface area contributed by atoms with Crippen molar-refractivity contribution in [3.05, 3.63) is 46.5 Å². The summed E-state index contributed by atoms with van der Waals surface area (Å²) in [7, 11) is 3.25. The van der Waals surface area contributed by atoms with Crippen LogP contribution in [-0.4, -0.2) is 44.8 Å². The molecule has 1 amide bonds. The standard InChI is InChI=1S/C20H22ClNO5/c1-4-25-19-15(21)10-14(11-18(19)24-3)20(23)22(2)12-13-5-6-16-17(9-13)27-8-7-26-16/h5-6,9-11H,4,7-8,12H2,1-3H3. The Hall–Kier alpha value is -2.60. The molecule has 0 fully saturated rings. The van der Waals surface area contributed by atoms with Crippen LogP contribution in [0, 0.1) is 0 Å². The molecule has 3 rings (SSSR count). The average molecular weight is 392 g/mol. The van der Waals surface area contributed by atoms with E-state index in [4.69, 9.17) is 30.5 Å². The maximum absolute atomic E-state index is 12.8. The third kappa shape index (κ3) is 4.22. The quantitative estimate of drug-likeness (QED) is 0.749. The molecule has 0 spiro atoms. The number of rotatable bonds is 6. The van der Waals surface area contributed by atoms with Crippen LogP contribution in [0.1, 0.15) is 22.8 Å². The van der Waals surface area contributed by atoms with Crippen molar-refractivity contribution in [1.82, 2.24) is 4.90 Å². The smallest absolute Gasteiger partial charge is 0.254 e. The molecule has 0 N–H and O–H groups in total. The van der Waals surface area contributed by atoms with Crippen LogP contribution in [-0.2, 0) is 6.54 Å². The molecule has 1 heterocycles. The van der Waals surface area contributed by atoms with Gasteiger partial charge >= 0.3 is 0 Å². The second-order valence-corrected chi connectivity index (χ2v) is 6.47. The van der Waals surface area contributed by atoms with Crippen LogP contribution in [0.4, 0.5) is 0 Å². The highest BCUT2D eigenvalue weighted by Crippen LogP contribution is 2.37. The van der Waals surface area contributed by atoms with Crippen LogP contribution in [0.5, 0.6) is 23.0 Å². The SMILES string of the molecule is CCOc1c(Cl)cc(C(=O)N(C)Cc2ccc3c(c2)OCCO3)cc1OC. The lowest BCUT2D eigenvalue weighted by Crippen LogP contribution is -2.26. The fraction of sp³-hybridized carbons (Fsp3) is 0.350. The Bertz CT molecular complexity index is 839. The van der Waals surface area contributed by atoms with E-state index >= 15 is 0 Å². The first-order valence-electron chi connectivity index (χ1n) is 8.67. The molecule has 0 radical (unpaired) electrons. The zero-order chi connectivity index (χ0) is 19.4. The first kappa shape index (κ1) is 19.2. The minimum Gasteiger partial charge on any atom is -0.493 e. The predicted molar refractivity (Wildman–Crippen MR) is 102 cm³/mol. The van der Waals surface area contributed by atoms with Crippen molar-refractivity contribution in [2.45, 2.75) is 13.5 Å². The van der Waals surface area contributed by atoms with E-state index in [2.05, 4.69) is 0 Å². The van der Waals surface area contributed by atoms with Crippen molar-refractivity contribution in [3.8, 4) is 23.0 Å². The Kier molecular flexibility index (Phi) is 5.96. The number of benzene rings is 2. The van der Waals surface area contributed by atoms with Gasteiger partial charge in [0.15, 0.2) is 23.0 Å². The highest BCUT2D eigenvalue weighted by molar-refractivity contribution is 6.32. The fourth-order valence-electron chi connectivity index (χ4n) is 2.88. The fourth-order valence-corrected chi connectivity index (χ4v) is 3.15. The van der Waals surface area contributed by atoms with Gasteiger partial charge in [0.2, 0.25) is 0 Å². The highest BCUT2D eigenvalue weighted by Gasteiger charge is 2.19. The van der Waals surface area contributed by atoms with Crippen molar-refractivity contribution >= 4 is 17.5 Å². The Labute approximate surface area is 163 Å². The number of amides is 1. The summed E-state index contributed by atoms with van der Waals surface area (Å²) in [6.07, 6.45) is 0. The summed E-state index contributed by atoms with van der Waals surface area (Å²) >= 11 is 6.27. The van der Waals surface area contributed by atoms with Crippen LogP contribution < -0.4 is 18.9 Å². The molecular weight excluding hydrogens is 370 g/mol. The summed E-state index contributed by atoms with van der Waals surface area (Å²) in [5, 5.41) is 0.340. The maximum Gasteiger partial charge on any atom is 0.254 e. The number of hydrogen-bond acceptors (Lipinski definition) is 5. The molecule has 0 atom stereocenters. The zero-order valence-electron chi connectivity index (χ0n) is 15.6. The summed E-state index contributed by atoms with van der Waals surface area (Å²) in [6.45, 7) is 3.80. The molecule has 0 bridgehead atoms. The minimum atomic E-state index is -0.173. The first-order valence-corrected chi connectivity index (χ1v) is 9.05. The van der Waals surface area contributed by atoms with E-state index < -0.39 is 0 Å². The van der Waals surface area contributed by atoms with E-state index in [0.717, 1.165) is 11.3 Å². The number of halogens is 1. The van der Waals surface area contributed by atoms with Crippen molar-refractivity contribution in [3.63, 3.8) is 0 Å². The highest BCUT2D eigenvalue weighted by atomic mass is 35.5. The number of nitrogens with zero attached hydrogens (tertiary/aromatic N) is 1. The van der Waals surface area contributed by atoms with E-state index in [1.807, 2.05) is 25.1 Å². The lowest BCUT2D eigenvalue weighted by molar-refractivity contribution is 0.0784. The molecule has 7 heteroatoms. The second kappa shape index (κ2) is 8.39. The van der Waals surface area contributed by atoms with Gasteiger partial charge < -0.3 is 23.8 Å². The Balaban J connectivity index is 1.78. The Morgan fingerprint density at radius 3 is 2.63 bits per heavy atom. The van der Waals surface area contributed by atoms with E-state index in [9.17, 15) is 4.79 Å². The zero-order valence-corrected chi connectivity index (χ0v) is 16.3. The van der Waals surface area contributed by atoms with Gasteiger partial charge in [-0.3, -0.25) is 4.79 Å². The molecule has 2 aromatic carbocycles. The number of ether oxygens (including phenoxy) is 4. The van der Waals surface area contributed by atoms with Crippen molar-refractivity contribution in [1.29, 1.82) is 0 Å². The van der Waals surface area contributed by atoms with Crippen molar-refractivity contribution in [2.24, 2.45) is 0 Å². The molecule has 2 aromatic rings. The molecule has 0 unspecified atom stereocenters. The molecule has 0 aromatic heterocycles. The summed E-state index contributed by atoms with van der Waals surface area (Å²) in [5.41, 5.74) is 1.37. The number of fused-ring (bicyclic) bond motifs is 1. The topological polar surface area (TPSA) is 57.2 Å². The lowest BCUT2D eigenvalue weighted by Gasteiger charge is -2.22. The monoisotopic (exact) mass is 391 g/mol. The van der Waals surface area contributed by atoms with Gasteiger partial charge in [-0.15, -0.1) is 0 Å². The van der Waals surface area contributed by atoms with E-state index in [1.165, 1.54) is 7.11 Å². The maximum atomic E-state index is 12.8. The van der Waals surface area contributed by atoms with E-state index in [1.54, 1.807) is 24.1 Å². The first-order chi connectivity index (χ1) is 13.0. The third-order valence-electron chi connectivity index (χ3n) is 4.14. The van der Waals surface area contributed by atoms with E-state index in [0.29, 0.717) is 54.2 Å². The Morgan fingerprint density at radius 2 is 1.93 bits per heavy atom. The third-order valence-corrected chi connectivity index (χ3v) is 4.42. The van der Waals surface area contributed by atoms with Gasteiger partial charge in [0, 0.05) is 19.2 Å². The number of carbonyl (C=O) groups excluding carboxylic acids is 1. The number of methoxy groups -OCH3 is 1. The Morgan fingerprint density at radius 1 is 1.19 bits per heavy atom. The number of hydrogen-bond donors (Lipinski definition) is 0. The van der Waals surface area contributed by atoms with Crippen LogP contribution >= 0.6 is 11.6 Å². The van der Waals surface area contributed by atoms with Gasteiger partial charge in [-0.25, -0.2) is 0 Å². The van der Waals surface area contributed by atoms with Gasteiger partial charge in [0.1, 0.15) is 13.2 Å². The van der Waals surface area contributed by atoms with Gasteiger partial charge in [-0.2, -0.15) is 0 Å². The molecule has 144 valence electrons. The van der Waals surface area contributed by atoms with Crippen LogP contribution in [0.25, 0.3) is 0 Å². The molecule has 0 saturated heterocycles. The second-order valence-electron chi connectivity index (χ2n) is 6.06. The molecule has 0 aliphatic carbocycles. The molecule has 1 aliphatic heterocycles. The van der Waals surface area contributed by atoms with Gasteiger partial charge in [-0.05, 0) is 36.8 Å². The normalized spacial score (nSPS) is 12.4. The average Bonchev–Trinajstić information content (AvgIpc) is 2.68. The summed E-state index contributed by atoms with van der Waals surface area (Å²) in [5.74, 6) is 2.12. The summed E-state index contributed by atoms with van der Waals surface area (Å²) in [6, 6.07) is 8.91. The molecule has 0 saturated carbocycles. The number of carbonyl (C=O) groups is 1.